The number of halogens is 2. The smallest absolute Gasteiger partial charge is 0.244 e. The number of carbonyl (C=O) groups excluding carboxylic acids is 1. The van der Waals surface area contributed by atoms with Crippen molar-refractivity contribution < 1.29 is 30.4 Å². The maximum Gasteiger partial charge on any atom is 0.244 e. The summed E-state index contributed by atoms with van der Waals surface area (Å²) in [5, 5.41) is 4.18. The summed E-state index contributed by atoms with van der Waals surface area (Å²) in [4.78, 5) is 12.8. The molecule has 2 heterocycles. The lowest BCUT2D eigenvalue weighted by Gasteiger charge is -2.33. The van der Waals surface area contributed by atoms with Crippen molar-refractivity contribution in [3.63, 3.8) is 0 Å². The van der Waals surface area contributed by atoms with Gasteiger partial charge in [-0.25, -0.2) is 29.9 Å². The number of anilines is 1. The number of amides is 1. The van der Waals surface area contributed by atoms with Crippen LogP contribution in [0.15, 0.2) is 23.1 Å². The highest BCUT2D eigenvalue weighted by Gasteiger charge is 2.38. The molecule has 0 radical (unpaired) electrons. The van der Waals surface area contributed by atoms with Crippen molar-refractivity contribution in [1.82, 2.24) is 14.1 Å². The Morgan fingerprint density at radius 1 is 1.09 bits per heavy atom. The van der Waals surface area contributed by atoms with Crippen molar-refractivity contribution >= 4 is 31.6 Å². The van der Waals surface area contributed by atoms with Gasteiger partial charge in [-0.05, 0) is 44.9 Å². The standard InChI is InChI=1S/C19H24F2N4O5S2/c1-12-18(13(2)23(3)22-12)25(31(4,27)28)19(26)14-7-9-24(10-8-14)32(29,30)15-5-6-16(20)17(21)11-15/h5-6,11,14H,7-10H2,1-4H3. The summed E-state index contributed by atoms with van der Waals surface area (Å²) in [5.41, 5.74) is 1.07. The van der Waals surface area contributed by atoms with Crippen molar-refractivity contribution in [1.29, 1.82) is 0 Å². The van der Waals surface area contributed by atoms with Crippen molar-refractivity contribution in [2.45, 2.75) is 31.6 Å². The zero-order valence-corrected chi connectivity index (χ0v) is 19.7. The molecule has 0 bridgehead atoms. The molecule has 3 rings (SSSR count). The van der Waals surface area contributed by atoms with Crippen LogP contribution in [0.1, 0.15) is 24.2 Å². The number of hydrogen-bond donors (Lipinski definition) is 0. The first-order chi connectivity index (χ1) is 14.7. The zero-order chi connectivity index (χ0) is 24.0. The van der Waals surface area contributed by atoms with E-state index in [0.717, 1.165) is 27.0 Å². The van der Waals surface area contributed by atoms with E-state index in [1.807, 2.05) is 0 Å². The molecule has 0 aliphatic carbocycles. The van der Waals surface area contributed by atoms with Crippen LogP contribution in [0.2, 0.25) is 0 Å². The van der Waals surface area contributed by atoms with E-state index < -0.39 is 43.5 Å². The van der Waals surface area contributed by atoms with Crippen LogP contribution in [0.4, 0.5) is 14.5 Å². The van der Waals surface area contributed by atoms with Gasteiger partial charge in [0.05, 0.1) is 22.5 Å². The van der Waals surface area contributed by atoms with Crippen LogP contribution in [0.3, 0.4) is 0 Å². The van der Waals surface area contributed by atoms with Crippen LogP contribution >= 0.6 is 0 Å². The average Bonchev–Trinajstić information content (AvgIpc) is 2.95. The van der Waals surface area contributed by atoms with E-state index in [9.17, 15) is 30.4 Å². The van der Waals surface area contributed by atoms with Gasteiger partial charge in [-0.2, -0.15) is 9.40 Å². The summed E-state index contributed by atoms with van der Waals surface area (Å²) in [5.74, 6) is -3.83. The normalized spacial score (nSPS) is 16.3. The van der Waals surface area contributed by atoms with Gasteiger partial charge < -0.3 is 0 Å². The highest BCUT2D eigenvalue weighted by molar-refractivity contribution is 7.92. The molecule has 0 spiro atoms. The quantitative estimate of drug-likeness (QED) is 0.631. The highest BCUT2D eigenvalue weighted by atomic mass is 32.2. The first-order valence-electron chi connectivity index (χ1n) is 9.74. The van der Waals surface area contributed by atoms with Gasteiger partial charge in [-0.15, -0.1) is 0 Å². The fourth-order valence-electron chi connectivity index (χ4n) is 3.79. The number of sulfonamides is 2. The Labute approximate surface area is 185 Å². The Bertz CT molecular complexity index is 1270. The van der Waals surface area contributed by atoms with Crippen molar-refractivity contribution in [3.8, 4) is 0 Å². The molecule has 1 aromatic carbocycles. The summed E-state index contributed by atoms with van der Waals surface area (Å²) in [7, 11) is -6.42. The van der Waals surface area contributed by atoms with Crippen LogP contribution in [0, 0.1) is 31.4 Å². The second kappa shape index (κ2) is 8.52. The largest absolute Gasteiger partial charge is 0.273 e. The molecule has 1 aromatic heterocycles. The summed E-state index contributed by atoms with van der Waals surface area (Å²) in [6.07, 6.45) is 1.08. The van der Waals surface area contributed by atoms with E-state index in [-0.39, 0.29) is 36.5 Å². The summed E-state index contributed by atoms with van der Waals surface area (Å²) >= 11 is 0. The number of rotatable bonds is 5. The minimum Gasteiger partial charge on any atom is -0.273 e. The minimum atomic E-state index is -4.09. The lowest BCUT2D eigenvalue weighted by molar-refractivity contribution is -0.122. The van der Waals surface area contributed by atoms with Gasteiger partial charge in [-0.3, -0.25) is 9.48 Å². The Kier molecular flexibility index (Phi) is 6.46. The summed E-state index contributed by atoms with van der Waals surface area (Å²) < 4.78 is 80.5. The van der Waals surface area contributed by atoms with Crippen molar-refractivity contribution in [2.75, 3.05) is 23.7 Å². The molecule has 32 heavy (non-hydrogen) atoms. The van der Waals surface area contributed by atoms with Crippen molar-refractivity contribution in [3.05, 3.63) is 41.2 Å². The molecule has 0 saturated carbocycles. The molecule has 1 aliphatic heterocycles. The molecule has 1 saturated heterocycles. The van der Waals surface area contributed by atoms with E-state index in [2.05, 4.69) is 5.10 Å². The fraction of sp³-hybridized carbons (Fsp3) is 0.474. The molecule has 176 valence electrons. The molecule has 2 aromatic rings. The second-order valence-corrected chi connectivity index (χ2v) is 11.5. The molecule has 9 nitrogen and oxygen atoms in total. The Balaban J connectivity index is 1.83. The van der Waals surface area contributed by atoms with Crippen LogP contribution < -0.4 is 4.31 Å². The number of carbonyl (C=O) groups is 1. The molecule has 1 fully saturated rings. The van der Waals surface area contributed by atoms with Gasteiger partial charge in [0.15, 0.2) is 11.6 Å². The molecule has 1 amide bonds. The molecule has 0 unspecified atom stereocenters. The number of piperidine rings is 1. The van der Waals surface area contributed by atoms with E-state index in [1.165, 1.54) is 4.68 Å². The first kappa shape index (κ1) is 24.3. The number of hydrogen-bond acceptors (Lipinski definition) is 6. The van der Waals surface area contributed by atoms with Gasteiger partial charge in [0.1, 0.15) is 5.69 Å². The zero-order valence-electron chi connectivity index (χ0n) is 18.0. The topological polar surface area (TPSA) is 110 Å². The number of aryl methyl sites for hydroxylation is 2. The van der Waals surface area contributed by atoms with E-state index in [4.69, 9.17) is 0 Å². The maximum atomic E-state index is 13.5. The Hall–Kier alpha value is -2.38. The number of nitrogens with zero attached hydrogens (tertiary/aromatic N) is 4. The van der Waals surface area contributed by atoms with Crippen LogP contribution in [0.25, 0.3) is 0 Å². The van der Waals surface area contributed by atoms with Gasteiger partial charge >= 0.3 is 0 Å². The maximum absolute atomic E-state index is 13.5. The van der Waals surface area contributed by atoms with E-state index in [1.54, 1.807) is 20.9 Å². The minimum absolute atomic E-state index is 0.0691. The predicted molar refractivity (Wildman–Crippen MR) is 113 cm³/mol. The Morgan fingerprint density at radius 2 is 1.69 bits per heavy atom. The van der Waals surface area contributed by atoms with Crippen LogP contribution in [-0.4, -0.2) is 56.2 Å². The van der Waals surface area contributed by atoms with Gasteiger partial charge in [0.25, 0.3) is 0 Å². The number of benzene rings is 1. The summed E-state index contributed by atoms with van der Waals surface area (Å²) in [6.45, 7) is 3.11. The van der Waals surface area contributed by atoms with Gasteiger partial charge in [0, 0.05) is 26.1 Å². The Morgan fingerprint density at radius 3 is 2.16 bits per heavy atom. The van der Waals surface area contributed by atoms with Gasteiger partial charge in [-0.1, -0.05) is 0 Å². The predicted octanol–water partition coefficient (Wildman–Crippen LogP) is 1.71. The summed E-state index contributed by atoms with van der Waals surface area (Å²) in [6, 6.07) is 2.33. The lowest BCUT2D eigenvalue weighted by atomic mass is 9.97. The van der Waals surface area contributed by atoms with Crippen molar-refractivity contribution in [2.24, 2.45) is 13.0 Å². The lowest BCUT2D eigenvalue weighted by Crippen LogP contribution is -2.46. The first-order valence-corrected chi connectivity index (χ1v) is 13.0. The van der Waals surface area contributed by atoms with Crippen LogP contribution in [-0.2, 0) is 31.9 Å². The molecule has 0 N–H and O–H groups in total. The second-order valence-electron chi connectivity index (χ2n) is 7.76. The highest BCUT2D eigenvalue weighted by Crippen LogP contribution is 2.31. The van der Waals surface area contributed by atoms with Crippen LogP contribution in [0.5, 0.6) is 0 Å². The average molecular weight is 491 g/mol. The monoisotopic (exact) mass is 490 g/mol. The fourth-order valence-corrected chi connectivity index (χ4v) is 6.35. The molecule has 1 aliphatic rings. The van der Waals surface area contributed by atoms with E-state index >= 15 is 0 Å². The molecule has 0 atom stereocenters. The van der Waals surface area contributed by atoms with Gasteiger partial charge in [0.2, 0.25) is 26.0 Å². The third-order valence-corrected chi connectivity index (χ3v) is 8.46. The molecular formula is C19H24F2N4O5S2. The SMILES string of the molecule is Cc1nn(C)c(C)c1N(C(=O)C1CCN(S(=O)(=O)c2ccc(F)c(F)c2)CC1)S(C)(=O)=O. The van der Waals surface area contributed by atoms with E-state index in [0.29, 0.717) is 17.5 Å². The molecule has 13 heteroatoms. The molecular weight excluding hydrogens is 466 g/mol. The third-order valence-electron chi connectivity index (χ3n) is 5.54. The third kappa shape index (κ3) is 4.41. The number of aromatic nitrogens is 2.